The Morgan fingerprint density at radius 2 is 1.62 bits per heavy atom. The zero-order valence-electron chi connectivity index (χ0n) is 8.33. The van der Waals surface area contributed by atoms with Gasteiger partial charge in [0.1, 0.15) is 0 Å². The first-order chi connectivity index (χ1) is 6.06. The van der Waals surface area contributed by atoms with Gasteiger partial charge in [-0.05, 0) is 0 Å². The van der Waals surface area contributed by atoms with E-state index in [4.69, 9.17) is 4.55 Å². The second-order valence-electron chi connectivity index (χ2n) is 3.41. The van der Waals surface area contributed by atoms with Gasteiger partial charge in [0, 0.05) is 0 Å². The fourth-order valence-electron chi connectivity index (χ4n) is 1.24. The minimum absolute atomic E-state index is 0.776. The quantitative estimate of drug-likeness (QED) is 0.414. The van der Waals surface area contributed by atoms with Crippen LogP contribution in [0.25, 0.3) is 0 Å². The molecule has 0 heterocycles. The van der Waals surface area contributed by atoms with Crippen LogP contribution in [-0.2, 0) is 24.0 Å². The van der Waals surface area contributed by atoms with Gasteiger partial charge in [-0.1, -0.05) is 0 Å². The van der Waals surface area contributed by atoms with Crippen molar-refractivity contribution in [3.63, 3.8) is 0 Å². The van der Waals surface area contributed by atoms with E-state index in [9.17, 15) is 8.42 Å². The van der Waals surface area contributed by atoms with Gasteiger partial charge in [-0.25, -0.2) is 0 Å². The van der Waals surface area contributed by atoms with Gasteiger partial charge < -0.3 is 0 Å². The van der Waals surface area contributed by atoms with E-state index in [0.717, 1.165) is 17.9 Å². The van der Waals surface area contributed by atoms with Gasteiger partial charge in [0.2, 0.25) is 0 Å². The van der Waals surface area contributed by atoms with Crippen LogP contribution in [0, 0.1) is 0 Å². The number of hydrogen-bond acceptors (Lipinski definition) is 2. The summed E-state index contributed by atoms with van der Waals surface area (Å²) >= 11 is -1.67. The molecule has 0 saturated heterocycles. The molecule has 0 saturated carbocycles. The van der Waals surface area contributed by atoms with Crippen molar-refractivity contribution in [1.82, 2.24) is 0 Å². The van der Waals surface area contributed by atoms with Crippen molar-refractivity contribution in [2.75, 3.05) is 0 Å². The molecular formula is C8H18O3SZn. The number of rotatable bonds is 8. The molecule has 0 aromatic carbocycles. The molecule has 13 heavy (non-hydrogen) atoms. The first kappa shape index (κ1) is 13.5. The fraction of sp³-hybridized carbons (Fsp3) is 1.00. The molecular weight excluding hydrogens is 242 g/mol. The predicted octanol–water partition coefficient (Wildman–Crippen LogP) is 2.65. The molecule has 0 aliphatic heterocycles. The third-order valence-electron chi connectivity index (χ3n) is 2.01. The maximum absolute atomic E-state index is 10.4. The maximum atomic E-state index is 10.4. The normalized spacial score (nSPS) is 11.2. The van der Waals surface area contributed by atoms with Crippen molar-refractivity contribution in [3.05, 3.63) is 0 Å². The van der Waals surface area contributed by atoms with Crippen LogP contribution in [0.1, 0.15) is 45.4 Å². The van der Waals surface area contributed by atoms with Crippen LogP contribution >= 0.6 is 0 Å². The Kier molecular flexibility index (Phi) is 8.22. The summed E-state index contributed by atoms with van der Waals surface area (Å²) in [6, 6.07) is 0. The van der Waals surface area contributed by atoms with E-state index in [1.807, 2.05) is 0 Å². The molecule has 0 aliphatic rings. The van der Waals surface area contributed by atoms with Gasteiger partial charge in [-0.2, -0.15) is 0 Å². The summed E-state index contributed by atoms with van der Waals surface area (Å²) < 4.78 is 29.3. The molecule has 1 N–H and O–H groups in total. The Bertz CT molecular complexity index is 201. The van der Waals surface area contributed by atoms with E-state index in [1.54, 1.807) is 0 Å². The third kappa shape index (κ3) is 12.5. The summed E-state index contributed by atoms with van der Waals surface area (Å²) in [6.07, 6.45) is 7.10. The van der Waals surface area contributed by atoms with Crippen molar-refractivity contribution in [1.29, 1.82) is 0 Å². The van der Waals surface area contributed by atoms with E-state index in [-0.39, 0.29) is 0 Å². The van der Waals surface area contributed by atoms with Gasteiger partial charge in [-0.15, -0.1) is 0 Å². The molecule has 0 spiro atoms. The Morgan fingerprint density at radius 1 is 1.08 bits per heavy atom. The summed E-state index contributed by atoms with van der Waals surface area (Å²) in [5.74, 6) is 0. The number of hydrogen-bond donors (Lipinski definition) is 1. The second-order valence-corrected chi connectivity index (χ2v) is 13.6. The van der Waals surface area contributed by atoms with Crippen LogP contribution in [0.15, 0.2) is 0 Å². The second kappa shape index (κ2) is 7.89. The molecule has 0 aromatic heterocycles. The molecule has 0 amide bonds. The van der Waals surface area contributed by atoms with Crippen LogP contribution in [0.2, 0.25) is 5.02 Å². The molecule has 5 heteroatoms. The average molecular weight is 260 g/mol. The van der Waals surface area contributed by atoms with E-state index in [2.05, 4.69) is 6.92 Å². The standard InChI is InChI=1S/C8H17.HO3S.Zn/c1-3-5-7-8-6-4-2;1-4(2)3;/h1,3-8H2,2H3;(H,1,2,3);. The van der Waals surface area contributed by atoms with Gasteiger partial charge in [0.05, 0.1) is 0 Å². The van der Waals surface area contributed by atoms with Crippen molar-refractivity contribution < 1.29 is 28.9 Å². The molecule has 0 radical (unpaired) electrons. The molecule has 0 aromatic rings. The molecule has 0 bridgehead atoms. The van der Waals surface area contributed by atoms with Gasteiger partial charge in [-0.3, -0.25) is 0 Å². The van der Waals surface area contributed by atoms with Crippen molar-refractivity contribution in [3.8, 4) is 0 Å². The summed E-state index contributed by atoms with van der Waals surface area (Å²) in [5, 5.41) is 0.776. The van der Waals surface area contributed by atoms with Crippen molar-refractivity contribution >= 4 is 8.11 Å². The van der Waals surface area contributed by atoms with E-state index in [0.29, 0.717) is 0 Å². The molecule has 0 aliphatic carbocycles. The summed E-state index contributed by atoms with van der Waals surface area (Å²) in [7, 11) is -3.53. The molecule has 0 atom stereocenters. The third-order valence-corrected chi connectivity index (χ3v) is 8.92. The first-order valence-electron chi connectivity index (χ1n) is 5.01. The summed E-state index contributed by atoms with van der Waals surface area (Å²) in [6.45, 7) is 2.17. The molecule has 76 valence electrons. The first-order valence-corrected chi connectivity index (χ1v) is 12.4. The Hall–Kier alpha value is 0.533. The van der Waals surface area contributed by atoms with Gasteiger partial charge in [0.25, 0.3) is 0 Å². The van der Waals surface area contributed by atoms with E-state index >= 15 is 0 Å². The van der Waals surface area contributed by atoms with Crippen LogP contribution in [0.4, 0.5) is 0 Å². The van der Waals surface area contributed by atoms with Gasteiger partial charge in [0.15, 0.2) is 0 Å². The molecule has 0 rings (SSSR count). The van der Waals surface area contributed by atoms with E-state index in [1.165, 1.54) is 25.7 Å². The zero-order chi connectivity index (χ0) is 10.2. The van der Waals surface area contributed by atoms with Crippen LogP contribution in [0.3, 0.4) is 0 Å². The van der Waals surface area contributed by atoms with E-state index < -0.39 is 24.0 Å². The summed E-state index contributed by atoms with van der Waals surface area (Å²) in [5.41, 5.74) is 0. The van der Waals surface area contributed by atoms with Crippen LogP contribution < -0.4 is 0 Å². The SMILES string of the molecule is CCCCCCC[CH2][Zn][S](=O)(=O)O. The monoisotopic (exact) mass is 258 g/mol. The predicted molar refractivity (Wildman–Crippen MR) is 49.7 cm³/mol. The van der Waals surface area contributed by atoms with Gasteiger partial charge >= 0.3 is 87.5 Å². The Morgan fingerprint density at radius 3 is 2.15 bits per heavy atom. The van der Waals surface area contributed by atoms with Crippen molar-refractivity contribution in [2.24, 2.45) is 0 Å². The fourth-order valence-corrected chi connectivity index (χ4v) is 6.13. The molecule has 0 fully saturated rings. The summed E-state index contributed by atoms with van der Waals surface area (Å²) in [4.78, 5) is 0. The molecule has 3 nitrogen and oxygen atoms in total. The van der Waals surface area contributed by atoms with Crippen molar-refractivity contribution in [2.45, 2.75) is 50.5 Å². The number of unbranched alkanes of at least 4 members (excludes halogenated alkanes) is 5. The zero-order valence-corrected chi connectivity index (χ0v) is 12.1. The minimum atomic E-state index is -3.53. The topological polar surface area (TPSA) is 54.4 Å². The van der Waals surface area contributed by atoms with Crippen LogP contribution in [0.5, 0.6) is 0 Å². The average Bonchev–Trinajstić information content (AvgIpc) is 2.01. The molecule has 0 unspecified atom stereocenters. The van der Waals surface area contributed by atoms with Crippen LogP contribution in [-0.4, -0.2) is 13.0 Å². The Labute approximate surface area is 87.5 Å². The Balaban J connectivity index is 3.09.